The van der Waals surface area contributed by atoms with Gasteiger partial charge in [0.05, 0.1) is 10.1 Å². The molecule has 0 bridgehead atoms. The molecular weight excluding hydrogens is 376 g/mol. The van der Waals surface area contributed by atoms with E-state index in [0.717, 1.165) is 29.8 Å². The molecule has 1 fully saturated rings. The van der Waals surface area contributed by atoms with Crippen molar-refractivity contribution in [2.24, 2.45) is 0 Å². The van der Waals surface area contributed by atoms with Gasteiger partial charge in [-0.05, 0) is 53.9 Å². The minimum absolute atomic E-state index is 0.0580. The fraction of sp³-hybridized carbons (Fsp3) is 0.286. The number of fused-ring (bicyclic) bond motifs is 3. The largest absolute Gasteiger partial charge is 0.296 e. The zero-order valence-electron chi connectivity index (χ0n) is 15.0. The van der Waals surface area contributed by atoms with Crippen LogP contribution in [0.5, 0.6) is 0 Å². The first-order valence-corrected chi connectivity index (χ1v) is 11.4. The smallest absolute Gasteiger partial charge is 0.183 e. The molecule has 4 nitrogen and oxygen atoms in total. The molecule has 5 rings (SSSR count). The quantitative estimate of drug-likeness (QED) is 0.674. The third kappa shape index (κ3) is 2.83. The Kier molecular flexibility index (Phi) is 3.96. The van der Waals surface area contributed by atoms with Gasteiger partial charge in [0, 0.05) is 47.7 Å². The van der Waals surface area contributed by atoms with E-state index in [1.54, 1.807) is 23.6 Å². The van der Waals surface area contributed by atoms with Crippen LogP contribution in [0.4, 0.5) is 0 Å². The van der Waals surface area contributed by atoms with Crippen LogP contribution in [0.1, 0.15) is 21.2 Å². The van der Waals surface area contributed by atoms with E-state index in [4.69, 9.17) is 0 Å². The van der Waals surface area contributed by atoms with Gasteiger partial charge in [0.15, 0.2) is 9.84 Å². The second-order valence-electron chi connectivity index (χ2n) is 7.39. The fourth-order valence-electron chi connectivity index (χ4n) is 4.36. The summed E-state index contributed by atoms with van der Waals surface area (Å²) in [7, 11) is -3.26. The monoisotopic (exact) mass is 396 g/mol. The maximum Gasteiger partial charge on any atom is 0.183 e. The molecule has 138 valence electrons. The number of thiophene rings is 1. The molecule has 2 atom stereocenters. The first-order chi connectivity index (χ1) is 13.0. The van der Waals surface area contributed by atoms with Crippen molar-refractivity contribution in [3.63, 3.8) is 0 Å². The number of benzene rings is 1. The molecule has 0 saturated carbocycles. The van der Waals surface area contributed by atoms with Gasteiger partial charge in [0.1, 0.15) is 0 Å². The number of pyridine rings is 1. The molecule has 0 radical (unpaired) electrons. The zero-order valence-corrected chi connectivity index (χ0v) is 16.6. The molecule has 0 N–H and O–H groups in total. The molecular formula is C21H20N2O2S2. The summed E-state index contributed by atoms with van der Waals surface area (Å²) in [5.74, 6) is 0.0580. The average molecular weight is 397 g/mol. The van der Waals surface area contributed by atoms with E-state index in [-0.39, 0.29) is 11.2 Å². The van der Waals surface area contributed by atoms with Crippen LogP contribution in [0.15, 0.2) is 59.8 Å². The molecule has 0 unspecified atom stereocenters. The van der Waals surface area contributed by atoms with Gasteiger partial charge in [-0.15, -0.1) is 11.3 Å². The molecule has 0 amide bonds. The molecule has 6 heteroatoms. The zero-order chi connectivity index (χ0) is 18.6. The summed E-state index contributed by atoms with van der Waals surface area (Å²) in [6, 6.07) is 13.9. The van der Waals surface area contributed by atoms with E-state index < -0.39 is 9.84 Å². The highest BCUT2D eigenvalue weighted by Crippen LogP contribution is 2.46. The molecule has 0 spiro atoms. The Balaban J connectivity index is 1.48. The van der Waals surface area contributed by atoms with Crippen LogP contribution in [-0.4, -0.2) is 36.6 Å². The Morgan fingerprint density at radius 2 is 2.04 bits per heavy atom. The maximum absolute atomic E-state index is 13.1. The van der Waals surface area contributed by atoms with Crippen LogP contribution in [0, 0.1) is 6.92 Å². The Morgan fingerprint density at radius 1 is 1.15 bits per heavy atom. The van der Waals surface area contributed by atoms with Gasteiger partial charge >= 0.3 is 0 Å². The van der Waals surface area contributed by atoms with Crippen molar-refractivity contribution in [1.29, 1.82) is 0 Å². The number of sulfone groups is 1. The highest BCUT2D eigenvalue weighted by atomic mass is 32.2. The van der Waals surface area contributed by atoms with E-state index in [1.807, 2.05) is 24.4 Å². The van der Waals surface area contributed by atoms with Gasteiger partial charge < -0.3 is 0 Å². The summed E-state index contributed by atoms with van der Waals surface area (Å²) >= 11 is 1.79. The molecule has 2 aromatic heterocycles. The molecule has 1 aromatic carbocycles. The lowest BCUT2D eigenvalue weighted by molar-refractivity contribution is 0.328. The Morgan fingerprint density at radius 3 is 2.78 bits per heavy atom. The Labute approximate surface area is 163 Å². The molecule has 1 saturated heterocycles. The van der Waals surface area contributed by atoms with E-state index in [2.05, 4.69) is 35.0 Å². The molecule has 27 heavy (non-hydrogen) atoms. The topological polar surface area (TPSA) is 50.3 Å². The first-order valence-electron chi connectivity index (χ1n) is 9.08. The van der Waals surface area contributed by atoms with E-state index in [0.29, 0.717) is 11.4 Å². The predicted octanol–water partition coefficient (Wildman–Crippen LogP) is 3.87. The highest BCUT2D eigenvalue weighted by molar-refractivity contribution is 7.92. The van der Waals surface area contributed by atoms with Crippen molar-refractivity contribution in [3.05, 3.63) is 70.2 Å². The normalized spacial score (nSPS) is 23.3. The number of aryl methyl sites for hydroxylation is 1. The number of rotatable bonds is 3. The Bertz CT molecular complexity index is 1110. The lowest BCUT2D eigenvalue weighted by atomic mass is 9.95. The number of nitrogens with zero attached hydrogens (tertiary/aromatic N) is 2. The van der Waals surface area contributed by atoms with Crippen LogP contribution in [0.2, 0.25) is 0 Å². The lowest BCUT2D eigenvalue weighted by Gasteiger charge is -2.16. The van der Waals surface area contributed by atoms with Crippen molar-refractivity contribution >= 4 is 21.2 Å². The number of hydrogen-bond donors (Lipinski definition) is 0. The summed E-state index contributed by atoms with van der Waals surface area (Å²) in [5, 5.41) is -0.322. The minimum Gasteiger partial charge on any atom is -0.296 e. The van der Waals surface area contributed by atoms with Gasteiger partial charge in [0.2, 0.25) is 0 Å². The molecule has 0 aliphatic carbocycles. The van der Waals surface area contributed by atoms with Crippen molar-refractivity contribution in [3.8, 4) is 11.1 Å². The summed E-state index contributed by atoms with van der Waals surface area (Å²) in [6.45, 7) is 4.34. The standard InChI is InChI=1S/C21H20N2O2S2/c1-14-4-6-17(26-14)11-23-12-19-18-9-15(16-3-2-8-22-10-16)5-7-20(18)27(24,25)21(19)13-23/h2-10,19,21H,11-13H2,1H3/t19-,21+/m0/s1. The Hall–Kier alpha value is -2.02. The second kappa shape index (κ2) is 6.26. The first kappa shape index (κ1) is 17.1. The van der Waals surface area contributed by atoms with Gasteiger partial charge in [0.25, 0.3) is 0 Å². The van der Waals surface area contributed by atoms with Gasteiger partial charge in [-0.1, -0.05) is 12.1 Å². The number of aromatic nitrogens is 1. The minimum atomic E-state index is -3.26. The summed E-state index contributed by atoms with van der Waals surface area (Å²) in [5.41, 5.74) is 3.03. The molecule has 2 aliphatic rings. The van der Waals surface area contributed by atoms with Crippen molar-refractivity contribution in [2.45, 2.75) is 29.5 Å². The molecule has 4 heterocycles. The van der Waals surface area contributed by atoms with Crippen molar-refractivity contribution in [2.75, 3.05) is 13.1 Å². The maximum atomic E-state index is 13.1. The number of hydrogen-bond acceptors (Lipinski definition) is 5. The van der Waals surface area contributed by atoms with Gasteiger partial charge in [-0.2, -0.15) is 0 Å². The van der Waals surface area contributed by atoms with Crippen LogP contribution < -0.4 is 0 Å². The average Bonchev–Trinajstić information content (AvgIpc) is 3.33. The fourth-order valence-corrected chi connectivity index (χ4v) is 7.49. The van der Waals surface area contributed by atoms with Gasteiger partial charge in [-0.25, -0.2) is 8.42 Å². The van der Waals surface area contributed by atoms with Crippen LogP contribution >= 0.6 is 11.3 Å². The third-order valence-corrected chi connectivity index (χ3v) is 8.87. The van der Waals surface area contributed by atoms with E-state index >= 15 is 0 Å². The SMILES string of the molecule is Cc1ccc(CN2C[C@@H]3[C@@H](C2)c2cc(-c4cccnc4)ccc2S3(=O)=O)s1. The second-order valence-corrected chi connectivity index (χ2v) is 10.9. The van der Waals surface area contributed by atoms with Gasteiger partial charge in [-0.3, -0.25) is 9.88 Å². The van der Waals surface area contributed by atoms with Crippen molar-refractivity contribution < 1.29 is 8.42 Å². The molecule has 2 aliphatic heterocycles. The molecule has 3 aromatic rings. The highest BCUT2D eigenvalue weighted by Gasteiger charge is 2.50. The van der Waals surface area contributed by atoms with E-state index in [9.17, 15) is 8.42 Å². The van der Waals surface area contributed by atoms with Crippen LogP contribution in [0.3, 0.4) is 0 Å². The van der Waals surface area contributed by atoms with E-state index in [1.165, 1.54) is 9.75 Å². The summed E-state index contributed by atoms with van der Waals surface area (Å²) < 4.78 is 26.2. The summed E-state index contributed by atoms with van der Waals surface area (Å²) in [6.07, 6.45) is 3.57. The lowest BCUT2D eigenvalue weighted by Crippen LogP contribution is -2.25. The number of likely N-dealkylation sites (tertiary alicyclic amines) is 1. The third-order valence-electron chi connectivity index (χ3n) is 5.63. The summed E-state index contributed by atoms with van der Waals surface area (Å²) in [4.78, 5) is 9.59. The van der Waals surface area contributed by atoms with Crippen LogP contribution in [0.25, 0.3) is 11.1 Å². The van der Waals surface area contributed by atoms with Crippen LogP contribution in [-0.2, 0) is 16.4 Å². The predicted molar refractivity (Wildman–Crippen MR) is 108 cm³/mol. The van der Waals surface area contributed by atoms with Crippen molar-refractivity contribution in [1.82, 2.24) is 9.88 Å².